The summed E-state index contributed by atoms with van der Waals surface area (Å²) in [4.78, 5) is 2.57. The van der Waals surface area contributed by atoms with E-state index < -0.39 is 0 Å². The third-order valence-corrected chi connectivity index (χ3v) is 4.93. The monoisotopic (exact) mass is 210 g/mol. The number of hydrogen-bond acceptors (Lipinski definition) is 2. The SMILES string of the molecule is CCN1CCC(CN)(C2CCCC2)CC1. The lowest BCUT2D eigenvalue weighted by Gasteiger charge is -2.45. The highest BCUT2D eigenvalue weighted by molar-refractivity contribution is 4.93. The van der Waals surface area contributed by atoms with Gasteiger partial charge < -0.3 is 10.6 Å². The molecule has 1 saturated carbocycles. The molecule has 2 fully saturated rings. The fourth-order valence-electron chi connectivity index (χ4n) is 3.63. The van der Waals surface area contributed by atoms with Crippen LogP contribution in [0.2, 0.25) is 0 Å². The summed E-state index contributed by atoms with van der Waals surface area (Å²) in [5.74, 6) is 0.946. The van der Waals surface area contributed by atoms with Crippen LogP contribution in [0.25, 0.3) is 0 Å². The van der Waals surface area contributed by atoms with Gasteiger partial charge in [0.15, 0.2) is 0 Å². The summed E-state index contributed by atoms with van der Waals surface area (Å²) in [6.45, 7) is 6.97. The van der Waals surface area contributed by atoms with Gasteiger partial charge >= 0.3 is 0 Å². The van der Waals surface area contributed by atoms with Crippen LogP contribution in [0.4, 0.5) is 0 Å². The third kappa shape index (κ3) is 2.21. The predicted molar refractivity (Wildman–Crippen MR) is 64.8 cm³/mol. The first-order chi connectivity index (χ1) is 7.30. The highest BCUT2D eigenvalue weighted by Crippen LogP contribution is 2.45. The largest absolute Gasteiger partial charge is 0.330 e. The molecule has 2 N–H and O–H groups in total. The molecule has 1 aliphatic carbocycles. The van der Waals surface area contributed by atoms with Crippen molar-refractivity contribution in [2.75, 3.05) is 26.2 Å². The van der Waals surface area contributed by atoms with Crippen molar-refractivity contribution < 1.29 is 0 Å². The van der Waals surface area contributed by atoms with Crippen molar-refractivity contribution in [3.8, 4) is 0 Å². The molecule has 1 heterocycles. The Bertz CT molecular complexity index is 189. The minimum absolute atomic E-state index is 0.516. The highest BCUT2D eigenvalue weighted by Gasteiger charge is 2.40. The van der Waals surface area contributed by atoms with Gasteiger partial charge in [0.2, 0.25) is 0 Å². The maximum absolute atomic E-state index is 6.09. The average Bonchev–Trinajstić information content (AvgIpc) is 2.83. The van der Waals surface area contributed by atoms with E-state index in [2.05, 4.69) is 11.8 Å². The summed E-state index contributed by atoms with van der Waals surface area (Å²) in [7, 11) is 0. The lowest BCUT2D eigenvalue weighted by atomic mass is 9.68. The minimum Gasteiger partial charge on any atom is -0.330 e. The van der Waals surface area contributed by atoms with Gasteiger partial charge in [-0.2, -0.15) is 0 Å². The average molecular weight is 210 g/mol. The maximum Gasteiger partial charge on any atom is -0.00130 e. The maximum atomic E-state index is 6.09. The Kier molecular flexibility index (Phi) is 3.68. The van der Waals surface area contributed by atoms with Crippen molar-refractivity contribution in [2.24, 2.45) is 17.1 Å². The second-order valence-electron chi connectivity index (χ2n) is 5.48. The van der Waals surface area contributed by atoms with Crippen LogP contribution in [-0.4, -0.2) is 31.1 Å². The summed E-state index contributed by atoms with van der Waals surface area (Å²) < 4.78 is 0. The fourth-order valence-corrected chi connectivity index (χ4v) is 3.63. The second kappa shape index (κ2) is 4.84. The van der Waals surface area contributed by atoms with Crippen molar-refractivity contribution in [2.45, 2.75) is 45.4 Å². The molecule has 0 bridgehead atoms. The van der Waals surface area contributed by atoms with Gasteiger partial charge in [-0.15, -0.1) is 0 Å². The number of rotatable bonds is 3. The minimum atomic E-state index is 0.516. The second-order valence-corrected chi connectivity index (χ2v) is 5.48. The molecule has 2 heteroatoms. The Morgan fingerprint density at radius 3 is 2.27 bits per heavy atom. The van der Waals surface area contributed by atoms with Crippen molar-refractivity contribution in [3.05, 3.63) is 0 Å². The van der Waals surface area contributed by atoms with Crippen LogP contribution < -0.4 is 5.73 Å². The Hall–Kier alpha value is -0.0800. The van der Waals surface area contributed by atoms with Crippen molar-refractivity contribution in [1.29, 1.82) is 0 Å². The van der Waals surface area contributed by atoms with Gasteiger partial charge in [0.25, 0.3) is 0 Å². The summed E-state index contributed by atoms with van der Waals surface area (Å²) in [6, 6.07) is 0. The lowest BCUT2D eigenvalue weighted by molar-refractivity contribution is 0.0594. The van der Waals surface area contributed by atoms with E-state index in [0.29, 0.717) is 5.41 Å². The summed E-state index contributed by atoms with van der Waals surface area (Å²) in [5.41, 5.74) is 6.60. The van der Waals surface area contributed by atoms with E-state index in [1.165, 1.54) is 58.2 Å². The van der Waals surface area contributed by atoms with Gasteiger partial charge in [-0.25, -0.2) is 0 Å². The normalized spacial score (nSPS) is 28.4. The zero-order valence-corrected chi connectivity index (χ0v) is 10.2. The number of hydrogen-bond donors (Lipinski definition) is 1. The van der Waals surface area contributed by atoms with E-state index in [0.717, 1.165) is 12.5 Å². The Balaban J connectivity index is 1.97. The van der Waals surface area contributed by atoms with Gasteiger partial charge in [0.1, 0.15) is 0 Å². The van der Waals surface area contributed by atoms with Gasteiger partial charge in [-0.3, -0.25) is 0 Å². The third-order valence-electron chi connectivity index (χ3n) is 4.93. The molecule has 15 heavy (non-hydrogen) atoms. The van der Waals surface area contributed by atoms with Gasteiger partial charge in [0, 0.05) is 0 Å². The van der Waals surface area contributed by atoms with E-state index in [1.807, 2.05) is 0 Å². The smallest absolute Gasteiger partial charge is 0.00130 e. The van der Waals surface area contributed by atoms with Crippen molar-refractivity contribution in [3.63, 3.8) is 0 Å². The van der Waals surface area contributed by atoms with Crippen LogP contribution in [-0.2, 0) is 0 Å². The molecule has 0 atom stereocenters. The summed E-state index contributed by atoms with van der Waals surface area (Å²) in [6.07, 6.45) is 8.49. The lowest BCUT2D eigenvalue weighted by Crippen LogP contribution is -2.47. The molecule has 2 nitrogen and oxygen atoms in total. The van der Waals surface area contributed by atoms with Crippen LogP contribution in [0.5, 0.6) is 0 Å². The van der Waals surface area contributed by atoms with Gasteiger partial charge in [-0.05, 0) is 63.2 Å². The molecule has 0 aromatic heterocycles. The zero-order chi connectivity index (χ0) is 10.7. The first kappa shape index (κ1) is 11.4. The molecule has 0 spiro atoms. The standard InChI is InChI=1S/C13H26N2/c1-2-15-9-7-13(11-14,8-10-15)12-5-3-4-6-12/h12H,2-11,14H2,1H3. The van der Waals surface area contributed by atoms with Crippen molar-refractivity contribution >= 4 is 0 Å². The number of nitrogens with two attached hydrogens (primary N) is 1. The van der Waals surface area contributed by atoms with Crippen LogP contribution in [0.3, 0.4) is 0 Å². The summed E-state index contributed by atoms with van der Waals surface area (Å²) >= 11 is 0. The van der Waals surface area contributed by atoms with E-state index >= 15 is 0 Å². The molecule has 1 aliphatic heterocycles. The molecule has 0 aromatic rings. The Morgan fingerprint density at radius 2 is 1.80 bits per heavy atom. The molecule has 0 amide bonds. The van der Waals surface area contributed by atoms with Crippen LogP contribution in [0.15, 0.2) is 0 Å². The Morgan fingerprint density at radius 1 is 1.20 bits per heavy atom. The number of piperidine rings is 1. The van der Waals surface area contributed by atoms with Gasteiger partial charge in [0.05, 0.1) is 0 Å². The van der Waals surface area contributed by atoms with E-state index in [1.54, 1.807) is 0 Å². The first-order valence-corrected chi connectivity index (χ1v) is 6.73. The van der Waals surface area contributed by atoms with Gasteiger partial charge in [-0.1, -0.05) is 19.8 Å². The summed E-state index contributed by atoms with van der Waals surface area (Å²) in [5, 5.41) is 0. The molecule has 0 unspecified atom stereocenters. The van der Waals surface area contributed by atoms with E-state index in [9.17, 15) is 0 Å². The molecule has 2 aliphatic rings. The fraction of sp³-hybridized carbons (Fsp3) is 1.00. The predicted octanol–water partition coefficient (Wildman–Crippen LogP) is 2.24. The number of likely N-dealkylation sites (tertiary alicyclic amines) is 1. The van der Waals surface area contributed by atoms with Crippen LogP contribution in [0.1, 0.15) is 45.4 Å². The quantitative estimate of drug-likeness (QED) is 0.774. The molecular formula is C13H26N2. The molecule has 0 radical (unpaired) electrons. The number of nitrogens with zero attached hydrogens (tertiary/aromatic N) is 1. The van der Waals surface area contributed by atoms with Crippen molar-refractivity contribution in [1.82, 2.24) is 4.90 Å². The highest BCUT2D eigenvalue weighted by atomic mass is 15.1. The molecule has 1 saturated heterocycles. The molecule has 88 valence electrons. The zero-order valence-electron chi connectivity index (χ0n) is 10.2. The van der Waals surface area contributed by atoms with Crippen LogP contribution in [0, 0.1) is 11.3 Å². The molecular weight excluding hydrogens is 184 g/mol. The first-order valence-electron chi connectivity index (χ1n) is 6.73. The molecule has 2 rings (SSSR count). The van der Waals surface area contributed by atoms with E-state index in [4.69, 9.17) is 5.73 Å². The van der Waals surface area contributed by atoms with E-state index in [-0.39, 0.29) is 0 Å². The topological polar surface area (TPSA) is 29.3 Å². The Labute approximate surface area is 94.2 Å². The van der Waals surface area contributed by atoms with Crippen LogP contribution >= 0.6 is 0 Å². The molecule has 0 aromatic carbocycles.